The highest BCUT2D eigenvalue weighted by molar-refractivity contribution is 7.99. The predicted octanol–water partition coefficient (Wildman–Crippen LogP) is 4.76. The highest BCUT2D eigenvalue weighted by Crippen LogP contribution is 2.24. The summed E-state index contributed by atoms with van der Waals surface area (Å²) in [5.41, 5.74) is 1.27. The maximum Gasteiger partial charge on any atom is 0.227 e. The van der Waals surface area contributed by atoms with Crippen molar-refractivity contribution < 1.29 is 4.52 Å². The van der Waals surface area contributed by atoms with Gasteiger partial charge in [0.15, 0.2) is 5.16 Å². The average molecular weight is 467 g/mol. The number of aromatic nitrogens is 5. The topological polar surface area (TPSA) is 72.9 Å². The molecule has 4 aromatic rings. The van der Waals surface area contributed by atoms with Crippen molar-refractivity contribution >= 4 is 23.1 Å². The Morgan fingerprint density at radius 2 is 1.88 bits per heavy atom. The van der Waals surface area contributed by atoms with Crippen LogP contribution in [-0.4, -0.2) is 48.6 Å². The highest BCUT2D eigenvalue weighted by Gasteiger charge is 2.19. The third-order valence-electron chi connectivity index (χ3n) is 5.52. The molecule has 0 atom stereocenters. The lowest BCUT2D eigenvalue weighted by Crippen LogP contribution is -2.21. The first-order chi connectivity index (χ1) is 15.8. The summed E-state index contributed by atoms with van der Waals surface area (Å²) in [5.74, 6) is 3.34. The maximum atomic E-state index is 5.42. The van der Waals surface area contributed by atoms with Gasteiger partial charge in [-0.05, 0) is 49.4 Å². The van der Waals surface area contributed by atoms with E-state index in [4.69, 9.17) is 4.52 Å². The Bertz CT molecular complexity index is 1100. The molecule has 0 N–H and O–H groups in total. The summed E-state index contributed by atoms with van der Waals surface area (Å²) >= 11 is 3.37. The minimum atomic E-state index is 0.678. The van der Waals surface area contributed by atoms with Gasteiger partial charge in [0.05, 0.1) is 18.0 Å². The van der Waals surface area contributed by atoms with Crippen molar-refractivity contribution in [1.29, 1.82) is 0 Å². The van der Waals surface area contributed by atoms with Crippen molar-refractivity contribution in [2.45, 2.75) is 43.9 Å². The molecule has 0 spiro atoms. The lowest BCUT2D eigenvalue weighted by Gasteiger charge is -2.16. The summed E-state index contributed by atoms with van der Waals surface area (Å²) in [6.45, 7) is 3.97. The average Bonchev–Trinajstić information content (AvgIpc) is 3.62. The summed E-state index contributed by atoms with van der Waals surface area (Å²) < 4.78 is 7.70. The van der Waals surface area contributed by atoms with Gasteiger partial charge in [0, 0.05) is 12.2 Å². The van der Waals surface area contributed by atoms with Gasteiger partial charge in [-0.3, -0.25) is 4.90 Å². The van der Waals surface area contributed by atoms with Crippen LogP contribution in [0.5, 0.6) is 0 Å². The first kappa shape index (κ1) is 21.4. The van der Waals surface area contributed by atoms with Crippen LogP contribution in [0.2, 0.25) is 0 Å². The van der Waals surface area contributed by atoms with Gasteiger partial charge in [-0.25, -0.2) is 0 Å². The van der Waals surface area contributed by atoms with E-state index in [1.807, 2.05) is 17.5 Å². The van der Waals surface area contributed by atoms with Gasteiger partial charge >= 0.3 is 0 Å². The molecular formula is C23H26N6OS2. The quantitative estimate of drug-likeness (QED) is 0.246. The van der Waals surface area contributed by atoms with Crippen LogP contribution in [0.15, 0.2) is 57.5 Å². The fraction of sp³-hybridized carbons (Fsp3) is 0.391. The highest BCUT2D eigenvalue weighted by atomic mass is 32.2. The van der Waals surface area contributed by atoms with E-state index in [0.29, 0.717) is 11.7 Å². The van der Waals surface area contributed by atoms with Crippen LogP contribution in [0.4, 0.5) is 0 Å². The molecular weight excluding hydrogens is 440 g/mol. The van der Waals surface area contributed by atoms with Crippen molar-refractivity contribution in [3.8, 4) is 10.7 Å². The third-order valence-corrected chi connectivity index (χ3v) is 7.44. The molecule has 0 bridgehead atoms. The van der Waals surface area contributed by atoms with E-state index in [0.717, 1.165) is 60.6 Å². The van der Waals surface area contributed by atoms with Gasteiger partial charge in [0.2, 0.25) is 11.7 Å². The van der Waals surface area contributed by atoms with Gasteiger partial charge in [0.25, 0.3) is 0 Å². The molecule has 0 aliphatic carbocycles. The molecule has 5 rings (SSSR count). The number of nitrogens with zero attached hydrogens (tertiary/aromatic N) is 6. The zero-order chi connectivity index (χ0) is 21.6. The Labute approximate surface area is 195 Å². The first-order valence-electron chi connectivity index (χ1n) is 11.0. The van der Waals surface area contributed by atoms with Crippen LogP contribution in [0.3, 0.4) is 0 Å². The van der Waals surface area contributed by atoms with Gasteiger partial charge < -0.3 is 9.09 Å². The van der Waals surface area contributed by atoms with Gasteiger partial charge in [0.1, 0.15) is 5.82 Å². The van der Waals surface area contributed by atoms with Crippen molar-refractivity contribution in [2.75, 3.05) is 18.8 Å². The summed E-state index contributed by atoms with van der Waals surface area (Å²) in [4.78, 5) is 8.03. The van der Waals surface area contributed by atoms with Crippen LogP contribution >= 0.6 is 23.1 Å². The minimum absolute atomic E-state index is 0.678. The molecule has 0 radical (unpaired) electrons. The summed E-state index contributed by atoms with van der Waals surface area (Å²) in [6.07, 6.45) is 4.26. The molecule has 0 unspecified atom stereocenters. The molecule has 1 aliphatic rings. The van der Waals surface area contributed by atoms with Crippen molar-refractivity contribution in [3.63, 3.8) is 0 Å². The summed E-state index contributed by atoms with van der Waals surface area (Å²) in [6, 6.07) is 14.6. The maximum absolute atomic E-state index is 5.42. The molecule has 1 aromatic carbocycles. The Balaban J connectivity index is 1.21. The van der Waals surface area contributed by atoms with E-state index in [2.05, 4.69) is 60.1 Å². The first-order valence-corrected chi connectivity index (χ1v) is 12.9. The van der Waals surface area contributed by atoms with Crippen molar-refractivity contribution in [3.05, 3.63) is 65.1 Å². The number of thiophene rings is 1. The Morgan fingerprint density at radius 1 is 1.00 bits per heavy atom. The van der Waals surface area contributed by atoms with Crippen LogP contribution in [0.1, 0.15) is 36.5 Å². The molecule has 166 valence electrons. The monoisotopic (exact) mass is 466 g/mol. The lowest BCUT2D eigenvalue weighted by molar-refractivity contribution is 0.316. The van der Waals surface area contributed by atoms with E-state index in [1.54, 1.807) is 23.1 Å². The third kappa shape index (κ3) is 5.28. The second kappa shape index (κ2) is 10.4. The smallest absolute Gasteiger partial charge is 0.227 e. The largest absolute Gasteiger partial charge is 0.339 e. The fourth-order valence-electron chi connectivity index (χ4n) is 3.86. The van der Waals surface area contributed by atoms with Crippen molar-refractivity contribution in [2.24, 2.45) is 0 Å². The van der Waals surface area contributed by atoms with Gasteiger partial charge in [-0.15, -0.1) is 21.5 Å². The molecule has 0 saturated carbocycles. The van der Waals surface area contributed by atoms with Crippen LogP contribution in [-0.2, 0) is 19.5 Å². The molecule has 1 fully saturated rings. The Hall–Kier alpha value is -2.49. The fourth-order valence-corrected chi connectivity index (χ4v) is 5.40. The predicted molar refractivity (Wildman–Crippen MR) is 127 cm³/mol. The molecule has 4 heterocycles. The normalized spacial score (nSPS) is 14.4. The summed E-state index contributed by atoms with van der Waals surface area (Å²) in [7, 11) is 0. The lowest BCUT2D eigenvalue weighted by atomic mass is 10.2. The van der Waals surface area contributed by atoms with E-state index >= 15 is 0 Å². The van der Waals surface area contributed by atoms with Crippen LogP contribution in [0, 0.1) is 0 Å². The molecule has 1 aliphatic heterocycles. The molecule has 7 nitrogen and oxygen atoms in total. The second-order valence-electron chi connectivity index (χ2n) is 7.89. The summed E-state index contributed by atoms with van der Waals surface area (Å²) in [5, 5.41) is 16.2. The van der Waals surface area contributed by atoms with E-state index in [9.17, 15) is 0 Å². The Kier molecular flexibility index (Phi) is 6.95. The standard InChI is InChI=1S/C23H26N6OS2/c1-2-8-18(9-3-1)16-29-20(17-28-12-4-5-13-28)25-26-23(29)32-15-7-11-21-24-22(27-30-21)19-10-6-14-31-19/h1-3,6,8-10,14H,4-5,7,11-13,15-17H2. The van der Waals surface area contributed by atoms with E-state index < -0.39 is 0 Å². The zero-order valence-electron chi connectivity index (χ0n) is 17.9. The number of likely N-dealkylation sites (tertiary alicyclic amines) is 1. The second-order valence-corrected chi connectivity index (χ2v) is 9.90. The Morgan fingerprint density at radius 3 is 2.69 bits per heavy atom. The molecule has 32 heavy (non-hydrogen) atoms. The zero-order valence-corrected chi connectivity index (χ0v) is 19.5. The van der Waals surface area contributed by atoms with E-state index in [-0.39, 0.29) is 0 Å². The number of aryl methyl sites for hydroxylation is 1. The SMILES string of the molecule is c1ccc(Cn2c(CN3CCCC3)nnc2SCCCc2nc(-c3cccs3)no2)cc1. The number of thioether (sulfide) groups is 1. The molecule has 9 heteroatoms. The molecule has 3 aromatic heterocycles. The van der Waals surface area contributed by atoms with Crippen LogP contribution in [0.25, 0.3) is 10.7 Å². The van der Waals surface area contributed by atoms with Crippen LogP contribution < -0.4 is 0 Å². The number of hydrogen-bond acceptors (Lipinski definition) is 8. The number of benzene rings is 1. The van der Waals surface area contributed by atoms with Gasteiger partial charge in [-0.2, -0.15) is 4.98 Å². The minimum Gasteiger partial charge on any atom is -0.339 e. The van der Waals surface area contributed by atoms with Crippen molar-refractivity contribution in [1.82, 2.24) is 29.8 Å². The van der Waals surface area contributed by atoms with Gasteiger partial charge in [-0.1, -0.05) is 53.3 Å². The number of rotatable bonds is 10. The number of hydrogen-bond donors (Lipinski definition) is 0. The van der Waals surface area contributed by atoms with E-state index in [1.165, 1.54) is 18.4 Å². The molecule has 1 saturated heterocycles. The molecule has 0 amide bonds.